The smallest absolute Gasteiger partial charge is 0.0882 e. The predicted octanol–water partition coefficient (Wildman–Crippen LogP) is 3.60. The summed E-state index contributed by atoms with van der Waals surface area (Å²) in [4.78, 5) is 0. The van der Waals surface area contributed by atoms with E-state index in [0.29, 0.717) is 5.92 Å². The standard InChI is InChI=1S/C12H21O/c1-5-6-10(2)7-11(3)8-12(4)9-13/h5-6,8,10,12H,7,9H2,1-4H3. The van der Waals surface area contributed by atoms with Crippen molar-refractivity contribution < 1.29 is 5.11 Å². The molecule has 0 aromatic rings. The van der Waals surface area contributed by atoms with Crippen LogP contribution < -0.4 is 0 Å². The fourth-order valence-electron chi connectivity index (χ4n) is 1.51. The number of hydrogen-bond acceptors (Lipinski definition) is 0. The monoisotopic (exact) mass is 181 g/mol. The van der Waals surface area contributed by atoms with Crippen LogP contribution in [0, 0.1) is 11.8 Å². The highest BCUT2D eigenvalue weighted by Gasteiger charge is 2.01. The Balaban J connectivity index is 3.97. The van der Waals surface area contributed by atoms with E-state index in [2.05, 4.69) is 32.1 Å². The predicted molar refractivity (Wildman–Crippen MR) is 57.1 cm³/mol. The summed E-state index contributed by atoms with van der Waals surface area (Å²) in [6.07, 6.45) is 7.43. The highest BCUT2D eigenvalue weighted by Crippen LogP contribution is 2.14. The van der Waals surface area contributed by atoms with Gasteiger partial charge in [0.25, 0.3) is 0 Å². The first-order chi connectivity index (χ1) is 6.10. The third-order valence-corrected chi connectivity index (χ3v) is 2.00. The molecule has 0 saturated heterocycles. The van der Waals surface area contributed by atoms with Crippen LogP contribution in [0.15, 0.2) is 23.8 Å². The average molecular weight is 181 g/mol. The molecule has 0 bridgehead atoms. The lowest BCUT2D eigenvalue weighted by atomic mass is 9.99. The minimum Gasteiger partial charge on any atom is -0.236 e. The Morgan fingerprint density at radius 2 is 1.92 bits per heavy atom. The van der Waals surface area contributed by atoms with Gasteiger partial charge < -0.3 is 0 Å². The molecular formula is C12H21O. The molecule has 0 aliphatic rings. The van der Waals surface area contributed by atoms with Crippen molar-refractivity contribution in [2.45, 2.75) is 34.1 Å². The lowest BCUT2D eigenvalue weighted by Gasteiger charge is -2.08. The molecule has 0 aromatic heterocycles. The summed E-state index contributed by atoms with van der Waals surface area (Å²) in [6.45, 7) is 8.30. The first kappa shape index (κ1) is 12.4. The van der Waals surface area contributed by atoms with E-state index in [4.69, 9.17) is 0 Å². The van der Waals surface area contributed by atoms with E-state index in [9.17, 15) is 5.11 Å². The van der Waals surface area contributed by atoms with Gasteiger partial charge in [-0.05, 0) is 26.2 Å². The van der Waals surface area contributed by atoms with Gasteiger partial charge in [-0.25, -0.2) is 5.11 Å². The molecule has 0 spiro atoms. The lowest BCUT2D eigenvalue weighted by Crippen LogP contribution is -1.97. The third-order valence-electron chi connectivity index (χ3n) is 2.00. The molecule has 13 heavy (non-hydrogen) atoms. The van der Waals surface area contributed by atoms with E-state index >= 15 is 0 Å². The van der Waals surface area contributed by atoms with Crippen molar-refractivity contribution in [3.05, 3.63) is 23.8 Å². The first-order valence-corrected chi connectivity index (χ1v) is 4.98. The van der Waals surface area contributed by atoms with Crippen molar-refractivity contribution >= 4 is 0 Å². The van der Waals surface area contributed by atoms with Crippen LogP contribution in [0.3, 0.4) is 0 Å². The van der Waals surface area contributed by atoms with E-state index in [0.717, 1.165) is 6.42 Å². The summed E-state index contributed by atoms with van der Waals surface area (Å²) in [6, 6.07) is 0. The van der Waals surface area contributed by atoms with Crippen LogP contribution in [0.25, 0.3) is 0 Å². The fourth-order valence-corrected chi connectivity index (χ4v) is 1.51. The van der Waals surface area contributed by atoms with Crippen molar-refractivity contribution in [3.63, 3.8) is 0 Å². The van der Waals surface area contributed by atoms with E-state index in [-0.39, 0.29) is 12.5 Å². The van der Waals surface area contributed by atoms with Crippen molar-refractivity contribution in [1.29, 1.82) is 0 Å². The Morgan fingerprint density at radius 1 is 1.31 bits per heavy atom. The molecule has 1 radical (unpaired) electrons. The maximum Gasteiger partial charge on any atom is 0.0882 e. The highest BCUT2D eigenvalue weighted by molar-refractivity contribution is 5.03. The Labute approximate surface area is 82.2 Å². The van der Waals surface area contributed by atoms with Crippen molar-refractivity contribution in [2.75, 3.05) is 6.61 Å². The normalized spacial score (nSPS) is 17.8. The summed E-state index contributed by atoms with van der Waals surface area (Å²) in [7, 11) is 0. The zero-order valence-electron chi connectivity index (χ0n) is 9.21. The summed E-state index contributed by atoms with van der Waals surface area (Å²) >= 11 is 0. The third kappa shape index (κ3) is 6.59. The van der Waals surface area contributed by atoms with Gasteiger partial charge >= 0.3 is 0 Å². The summed E-state index contributed by atoms with van der Waals surface area (Å²) in [5.74, 6) is 0.762. The zero-order valence-corrected chi connectivity index (χ0v) is 9.21. The van der Waals surface area contributed by atoms with Gasteiger partial charge in [0, 0.05) is 5.92 Å². The molecule has 2 atom stereocenters. The molecule has 0 heterocycles. The largest absolute Gasteiger partial charge is 0.236 e. The molecule has 0 aliphatic heterocycles. The second-order valence-corrected chi connectivity index (χ2v) is 3.86. The average Bonchev–Trinajstić information content (AvgIpc) is 2.04. The van der Waals surface area contributed by atoms with Crippen LogP contribution in [0.4, 0.5) is 0 Å². The van der Waals surface area contributed by atoms with Crippen LogP contribution in [0.2, 0.25) is 0 Å². The van der Waals surface area contributed by atoms with E-state index in [1.807, 2.05) is 13.8 Å². The van der Waals surface area contributed by atoms with Crippen LogP contribution >= 0.6 is 0 Å². The number of allylic oxidation sites excluding steroid dienone is 3. The molecule has 0 amide bonds. The Hall–Kier alpha value is -0.560. The van der Waals surface area contributed by atoms with Crippen LogP contribution in [0.5, 0.6) is 0 Å². The first-order valence-electron chi connectivity index (χ1n) is 4.98. The second-order valence-electron chi connectivity index (χ2n) is 3.86. The Morgan fingerprint density at radius 3 is 2.38 bits per heavy atom. The van der Waals surface area contributed by atoms with Gasteiger partial charge in [-0.1, -0.05) is 37.6 Å². The molecule has 2 unspecified atom stereocenters. The minimum absolute atomic E-state index is 0.00462. The molecule has 1 nitrogen and oxygen atoms in total. The molecule has 75 valence electrons. The molecular weight excluding hydrogens is 160 g/mol. The quantitative estimate of drug-likeness (QED) is 0.577. The maximum absolute atomic E-state index is 10.5. The van der Waals surface area contributed by atoms with E-state index in [1.165, 1.54) is 5.57 Å². The van der Waals surface area contributed by atoms with Gasteiger partial charge in [-0.3, -0.25) is 0 Å². The summed E-state index contributed by atoms with van der Waals surface area (Å²) < 4.78 is 0. The molecule has 0 saturated carbocycles. The zero-order chi connectivity index (χ0) is 10.3. The Kier molecular flexibility index (Phi) is 6.61. The second kappa shape index (κ2) is 6.90. The van der Waals surface area contributed by atoms with Gasteiger partial charge in [0.15, 0.2) is 0 Å². The number of hydrogen-bond donors (Lipinski definition) is 0. The van der Waals surface area contributed by atoms with Gasteiger partial charge in [-0.15, -0.1) is 0 Å². The van der Waals surface area contributed by atoms with Crippen molar-refractivity contribution in [2.24, 2.45) is 11.8 Å². The summed E-state index contributed by atoms with van der Waals surface area (Å²) in [5.41, 5.74) is 1.33. The van der Waals surface area contributed by atoms with E-state index in [1.54, 1.807) is 0 Å². The Bertz CT molecular complexity index is 180. The lowest BCUT2D eigenvalue weighted by molar-refractivity contribution is 0.168. The SMILES string of the molecule is CC=CC(C)CC(C)=CC(C)C[O]. The van der Waals surface area contributed by atoms with Gasteiger partial charge in [-0.2, -0.15) is 0 Å². The van der Waals surface area contributed by atoms with Crippen LogP contribution in [0.1, 0.15) is 34.1 Å². The minimum atomic E-state index is -0.00462. The molecule has 0 fully saturated rings. The summed E-state index contributed by atoms with van der Waals surface area (Å²) in [5, 5.41) is 10.5. The molecule has 0 aliphatic carbocycles. The van der Waals surface area contributed by atoms with Crippen LogP contribution in [-0.4, -0.2) is 6.61 Å². The molecule has 0 aromatic carbocycles. The van der Waals surface area contributed by atoms with Crippen molar-refractivity contribution in [3.8, 4) is 0 Å². The maximum atomic E-state index is 10.5. The highest BCUT2D eigenvalue weighted by atomic mass is 16.3. The van der Waals surface area contributed by atoms with Gasteiger partial charge in [0.05, 0.1) is 6.61 Å². The number of rotatable bonds is 5. The van der Waals surface area contributed by atoms with E-state index < -0.39 is 0 Å². The van der Waals surface area contributed by atoms with Gasteiger partial charge in [0.1, 0.15) is 0 Å². The van der Waals surface area contributed by atoms with Gasteiger partial charge in [0.2, 0.25) is 0 Å². The molecule has 0 N–H and O–H groups in total. The van der Waals surface area contributed by atoms with Crippen LogP contribution in [-0.2, 0) is 5.11 Å². The molecule has 1 heteroatoms. The molecule has 0 rings (SSSR count). The fraction of sp³-hybridized carbons (Fsp3) is 0.667. The van der Waals surface area contributed by atoms with Crippen molar-refractivity contribution in [1.82, 2.24) is 0 Å². The topological polar surface area (TPSA) is 19.9 Å².